The first-order valence-corrected chi connectivity index (χ1v) is 51.5. The number of hydrogen-bond acceptors (Lipinski definition) is 27. The molecular weight excluding hydrogens is 1980 g/mol. The van der Waals surface area contributed by atoms with Gasteiger partial charge in [-0.15, -0.1) is 0 Å². The molecule has 732 valence electrons. The number of carbonyl (C=O) groups excluding carboxylic acids is 4. The van der Waals surface area contributed by atoms with E-state index in [1.54, 1.807) is 71.3 Å². The molecule has 9 heterocycles. The Labute approximate surface area is 851 Å². The zero-order chi connectivity index (χ0) is 98.2. The number of esters is 1. The van der Waals surface area contributed by atoms with Gasteiger partial charge in [0.25, 0.3) is 11.8 Å². The summed E-state index contributed by atoms with van der Waals surface area (Å²) in [6.07, 6.45) is -9.49. The van der Waals surface area contributed by atoms with Gasteiger partial charge in [0.15, 0.2) is 58.1 Å². The van der Waals surface area contributed by atoms with Crippen LogP contribution in [0.25, 0.3) is 22.3 Å². The number of Topliss-reactive ketones (excluding diaryl/α,β-unsaturated/α-hetero) is 1. The molecule has 0 saturated carbocycles. The monoisotopic (exact) mass is 2070 g/mol. The zero-order valence-corrected chi connectivity index (χ0v) is 83.0. The minimum atomic E-state index is -5.16. The smallest absolute Gasteiger partial charge is 0.394 e. The number of para-hydroxylation sites is 2. The van der Waals surface area contributed by atoms with Crippen molar-refractivity contribution in [3.8, 4) is 34.8 Å². The van der Waals surface area contributed by atoms with Crippen molar-refractivity contribution < 1.29 is 84.9 Å². The third-order valence-corrected chi connectivity index (χ3v) is 30.1. The van der Waals surface area contributed by atoms with Gasteiger partial charge in [-0.3, -0.25) is 43.2 Å². The van der Waals surface area contributed by atoms with Crippen molar-refractivity contribution in [2.24, 2.45) is 0 Å². The number of piperidine rings is 2. The molecule has 0 spiro atoms. The van der Waals surface area contributed by atoms with Gasteiger partial charge in [0.1, 0.15) is 59.3 Å². The summed E-state index contributed by atoms with van der Waals surface area (Å²) in [6, 6.07) is 76.0. The second-order valence-corrected chi connectivity index (χ2v) is 40.8. The predicted molar refractivity (Wildman–Crippen MR) is 539 cm³/mol. The van der Waals surface area contributed by atoms with Crippen molar-refractivity contribution in [2.75, 3.05) is 73.0 Å². The van der Waals surface area contributed by atoms with E-state index in [4.69, 9.17) is 161 Å². The van der Waals surface area contributed by atoms with Crippen LogP contribution in [0.5, 0.6) is 34.8 Å². The number of rotatable bonds is 37. The summed E-state index contributed by atoms with van der Waals surface area (Å²) in [5.74, 6) is -4.95. The van der Waals surface area contributed by atoms with E-state index < -0.39 is 110 Å². The number of ketones is 1. The largest absolute Gasteiger partial charge is 0.457 e. The normalized spacial score (nSPS) is 19.9. The van der Waals surface area contributed by atoms with Gasteiger partial charge in [-0.25, -0.2) is 14.5 Å². The molecule has 1 unspecified atom stereocenters. The SMILES string of the molecule is CCOC1(O[C@@H]2[C@H](OC(=O)CCC(C)=O)[C@@H](COP(=O)(O[C@H]3[C@@H](OC4(OCC)CCN(c5ccc(Cl)cc5)CC4)[C@H](n4cnc5c(Oc6cc(Cl)ccc6Cl)nc(NC(=O)Cc6ccccc6)nc54)O[C@@H]3COC3(c4ccccc4)c4ccccc4Oc4ccccc43)Sc3ccccc3)O[C@H]2n2cnc3c(Oc4cc(Cl)ccc4Cl)nc(NC(=O)Cc4ccccc4)nc32)CCN(c2ccc(Cl)cc2)CC1. The van der Waals surface area contributed by atoms with Crippen LogP contribution in [0, 0.1) is 0 Å². The number of anilines is 4. The summed E-state index contributed by atoms with van der Waals surface area (Å²) in [5, 5.41) is 7.71. The summed E-state index contributed by atoms with van der Waals surface area (Å²) in [7, 11) is 0. The molecule has 30 nitrogen and oxygen atoms in total. The molecule has 14 aromatic rings. The Morgan fingerprint density at radius 3 is 1.37 bits per heavy atom. The van der Waals surface area contributed by atoms with Crippen LogP contribution in [0.1, 0.15) is 99.6 Å². The molecule has 38 heteroatoms. The van der Waals surface area contributed by atoms with E-state index in [2.05, 4.69) is 20.4 Å². The van der Waals surface area contributed by atoms with Crippen LogP contribution in [-0.4, -0.2) is 163 Å². The Kier molecular flexibility index (Phi) is 30.6. The summed E-state index contributed by atoms with van der Waals surface area (Å²) in [4.78, 5) is 91.4. The summed E-state index contributed by atoms with van der Waals surface area (Å²) >= 11 is 40.8. The molecule has 19 rings (SSSR count). The van der Waals surface area contributed by atoms with Crippen molar-refractivity contribution in [1.29, 1.82) is 0 Å². The van der Waals surface area contributed by atoms with E-state index in [0.29, 0.717) is 80.4 Å². The average Bonchev–Trinajstić information content (AvgIpc) is 0.794. The van der Waals surface area contributed by atoms with Crippen LogP contribution in [0.2, 0.25) is 30.1 Å². The minimum Gasteiger partial charge on any atom is -0.457 e. The maximum absolute atomic E-state index is 18.2. The number of carbonyl (C=O) groups is 4. The number of ether oxygens (including phenoxy) is 11. The number of nitrogens with one attached hydrogen (secondary N) is 2. The van der Waals surface area contributed by atoms with Gasteiger partial charge in [0, 0.05) is 131 Å². The molecule has 0 radical (unpaired) electrons. The Hall–Kier alpha value is -11.7. The highest BCUT2D eigenvalue weighted by molar-refractivity contribution is 8.55. The first-order valence-electron chi connectivity index (χ1n) is 46.3. The topological polar surface area (TPSA) is 323 Å². The summed E-state index contributed by atoms with van der Waals surface area (Å²) < 4.78 is 116. The fourth-order valence-electron chi connectivity index (χ4n) is 18.3. The molecule has 2 amide bonds. The summed E-state index contributed by atoms with van der Waals surface area (Å²) in [5.41, 5.74) is 3.55. The molecule has 4 aromatic heterocycles. The van der Waals surface area contributed by atoms with E-state index in [1.165, 1.54) is 36.3 Å². The molecule has 2 N–H and O–H groups in total. The predicted octanol–water partition coefficient (Wildman–Crippen LogP) is 22.9. The quantitative estimate of drug-likeness (QED) is 0.0207. The molecule has 10 aromatic carbocycles. The maximum Gasteiger partial charge on any atom is 0.394 e. The third kappa shape index (κ3) is 22.3. The van der Waals surface area contributed by atoms with Crippen LogP contribution >= 0.6 is 87.8 Å². The van der Waals surface area contributed by atoms with Gasteiger partial charge in [-0.2, -0.15) is 19.9 Å². The molecular formula is C104H95Cl6N12O18PS. The number of hydrogen-bond donors (Lipinski definition) is 2. The van der Waals surface area contributed by atoms with Gasteiger partial charge in [-0.05, 0) is 146 Å². The molecule has 0 bridgehead atoms. The molecule has 9 atom stereocenters. The molecule has 142 heavy (non-hydrogen) atoms. The Bertz CT molecular complexity index is 6880. The van der Waals surface area contributed by atoms with E-state index in [0.717, 1.165) is 22.8 Å². The van der Waals surface area contributed by atoms with Gasteiger partial charge in [0.2, 0.25) is 23.7 Å². The molecule has 0 aliphatic carbocycles. The highest BCUT2D eigenvalue weighted by atomic mass is 35.5. The number of aromatic nitrogens is 8. The Morgan fingerprint density at radius 2 is 0.908 bits per heavy atom. The zero-order valence-electron chi connectivity index (χ0n) is 76.8. The number of benzene rings is 10. The van der Waals surface area contributed by atoms with Gasteiger partial charge >= 0.3 is 12.8 Å². The Morgan fingerprint density at radius 1 is 0.479 bits per heavy atom. The lowest BCUT2D eigenvalue weighted by atomic mass is 9.77. The van der Waals surface area contributed by atoms with E-state index in [9.17, 15) is 14.4 Å². The lowest BCUT2D eigenvalue weighted by Gasteiger charge is -2.44. The van der Waals surface area contributed by atoms with Gasteiger partial charge < -0.3 is 66.7 Å². The summed E-state index contributed by atoms with van der Waals surface area (Å²) in [6.45, 7) is 0.405. The van der Waals surface area contributed by atoms with Crippen molar-refractivity contribution in [2.45, 2.75) is 143 Å². The molecule has 4 saturated heterocycles. The molecule has 5 aliphatic rings. The van der Waals surface area contributed by atoms with Crippen LogP contribution in [0.3, 0.4) is 0 Å². The van der Waals surface area contributed by atoms with Crippen LogP contribution in [0.4, 0.5) is 23.3 Å². The van der Waals surface area contributed by atoms with Gasteiger partial charge in [0.05, 0.1) is 55.2 Å². The maximum atomic E-state index is 18.2. The number of halogens is 6. The number of fused-ring (bicyclic) bond motifs is 4. The van der Waals surface area contributed by atoms with Crippen LogP contribution < -0.4 is 34.6 Å². The van der Waals surface area contributed by atoms with Crippen molar-refractivity contribution in [3.63, 3.8) is 0 Å². The second-order valence-electron chi connectivity index (χ2n) is 34.4. The van der Waals surface area contributed by atoms with Crippen molar-refractivity contribution >= 4 is 157 Å². The lowest BCUT2D eigenvalue weighted by Crippen LogP contribution is -2.53. The van der Waals surface area contributed by atoms with E-state index >= 15 is 9.36 Å². The second kappa shape index (κ2) is 43.9. The van der Waals surface area contributed by atoms with Gasteiger partial charge in [-0.1, -0.05) is 215 Å². The standard InChI is InChI=1S/C104H95Cl6N12O18PS/c1-4-128-102(48-52-119(53-49-102)72-41-35-68(105)36-42-72)138-92-90(137-87(126)47-34-64(3)123)84(136-98(92)121-62-111-88-94(121)115-100(113-85(124)56-65-22-10-6-11-23-65)117-96(88)133-81-58-70(107)39-45-77(81)109)61-131-141(127,142-74-28-16-9-17-29-74)140-91-83(60-130-104(67-26-14-8-15-27-67)75-30-18-20-32-79(75)132-80-33-21-19-31-76(80)104)135-99(93(91)139-103(129-5-2)50-54-120(55-51-103)73-43-37-69(106)38-44-73)122-63-112-89-95(122)116-101(114-86(125)57-66-24-12-7-13-25-66)118-97(89)134-82-59-71(108)40-46-78(82)110/h6-33,35-46,58-59,62-63,83-84,90-93,98-99H,4-5,34,47-57,60-61H2,1-3H3,(H,113,115,117,124)(H,114,116,118,125)/t83-,84-,90-,91-,92-,93-,98-,99-,141?/m1/s1. The first kappa shape index (κ1) is 99.1. The molecule has 4 fully saturated rings. The third-order valence-electron chi connectivity index (χ3n) is 24.9. The number of imidazole rings is 2. The number of amides is 2. The minimum absolute atomic E-state index is 0.00562. The fraction of sp³-hybridized carbons (Fsp3) is 0.288. The average molecular weight is 2080 g/mol. The lowest BCUT2D eigenvalue weighted by molar-refractivity contribution is -0.286. The highest BCUT2D eigenvalue weighted by Crippen LogP contribution is 2.67. The van der Waals surface area contributed by atoms with Crippen molar-refractivity contribution in [1.82, 2.24) is 39.0 Å². The first-order chi connectivity index (χ1) is 68.9. The highest BCUT2D eigenvalue weighted by Gasteiger charge is 2.59. The van der Waals surface area contributed by atoms with Crippen molar-refractivity contribution in [3.05, 3.63) is 325 Å². The van der Waals surface area contributed by atoms with E-state index in [1.807, 2.05) is 190 Å². The van der Waals surface area contributed by atoms with Crippen LogP contribution in [-0.2, 0) is 89.1 Å². The number of nitrogens with zero attached hydrogens (tertiary/aromatic N) is 10. The molecule has 5 aliphatic heterocycles. The van der Waals surface area contributed by atoms with Crippen LogP contribution in [0.15, 0.2) is 272 Å². The fourth-order valence-corrected chi connectivity index (χ4v) is 22.7. The van der Waals surface area contributed by atoms with E-state index in [-0.39, 0.29) is 142 Å². The Balaban J connectivity index is 0.779.